The largest absolute Gasteiger partial charge is 0.349 e. The van der Waals surface area contributed by atoms with Crippen LogP contribution in [0, 0.1) is 10.1 Å². The standard InChI is InChI=1S/C10H13N3O3S.ClH/c14-10(12-8-1-3-11-4-2-8)7-5-9(13(15)16)17-6-7;/h5-6,8,11H,1-4H2,(H,12,14);1H. The lowest BCUT2D eigenvalue weighted by atomic mass is 10.1. The second-order valence-electron chi connectivity index (χ2n) is 3.93. The highest BCUT2D eigenvalue weighted by Gasteiger charge is 2.19. The highest BCUT2D eigenvalue weighted by atomic mass is 35.5. The van der Waals surface area contributed by atoms with Crippen LogP contribution in [0.1, 0.15) is 23.2 Å². The molecule has 0 bridgehead atoms. The van der Waals surface area contributed by atoms with E-state index in [-0.39, 0.29) is 29.4 Å². The van der Waals surface area contributed by atoms with Crippen LogP contribution in [0.5, 0.6) is 0 Å². The molecule has 0 saturated carbocycles. The fraction of sp³-hybridized carbons (Fsp3) is 0.500. The Hall–Kier alpha value is -1.18. The second-order valence-corrected chi connectivity index (χ2v) is 4.82. The molecule has 0 spiro atoms. The predicted molar refractivity (Wildman–Crippen MR) is 71.6 cm³/mol. The Morgan fingerprint density at radius 3 is 2.72 bits per heavy atom. The van der Waals surface area contributed by atoms with Crippen LogP contribution in [0.4, 0.5) is 5.00 Å². The van der Waals surface area contributed by atoms with Gasteiger partial charge in [0.05, 0.1) is 10.5 Å². The van der Waals surface area contributed by atoms with Gasteiger partial charge < -0.3 is 10.6 Å². The van der Waals surface area contributed by atoms with Gasteiger partial charge in [-0.1, -0.05) is 11.3 Å². The van der Waals surface area contributed by atoms with E-state index in [1.54, 1.807) is 0 Å². The molecule has 1 aliphatic heterocycles. The van der Waals surface area contributed by atoms with Crippen molar-refractivity contribution in [2.45, 2.75) is 18.9 Å². The van der Waals surface area contributed by atoms with Gasteiger partial charge in [-0.3, -0.25) is 14.9 Å². The summed E-state index contributed by atoms with van der Waals surface area (Å²) in [7, 11) is 0. The molecule has 1 aromatic heterocycles. The van der Waals surface area contributed by atoms with E-state index in [1.165, 1.54) is 11.4 Å². The summed E-state index contributed by atoms with van der Waals surface area (Å²) in [5, 5.41) is 18.1. The fourth-order valence-electron chi connectivity index (χ4n) is 1.77. The molecule has 2 heterocycles. The maximum Gasteiger partial charge on any atom is 0.324 e. The SMILES string of the molecule is Cl.O=C(NC1CCNCC1)c1csc([N+](=O)[O-])c1. The molecule has 0 aliphatic carbocycles. The molecule has 0 unspecified atom stereocenters. The van der Waals surface area contributed by atoms with E-state index in [0.29, 0.717) is 5.56 Å². The van der Waals surface area contributed by atoms with Crippen molar-refractivity contribution >= 4 is 34.7 Å². The molecule has 2 N–H and O–H groups in total. The fourth-order valence-corrected chi connectivity index (χ4v) is 2.48. The van der Waals surface area contributed by atoms with Crippen molar-refractivity contribution < 1.29 is 9.72 Å². The van der Waals surface area contributed by atoms with Gasteiger partial charge in [0.2, 0.25) is 0 Å². The lowest BCUT2D eigenvalue weighted by molar-refractivity contribution is -0.380. The molecule has 0 atom stereocenters. The van der Waals surface area contributed by atoms with Crippen molar-refractivity contribution in [1.29, 1.82) is 0 Å². The van der Waals surface area contributed by atoms with Gasteiger partial charge in [0.25, 0.3) is 5.91 Å². The first-order valence-corrected chi connectivity index (χ1v) is 6.29. The summed E-state index contributed by atoms with van der Waals surface area (Å²) in [5.41, 5.74) is 0.375. The Bertz CT molecular complexity index is 432. The maximum absolute atomic E-state index is 11.8. The first-order valence-electron chi connectivity index (χ1n) is 5.41. The zero-order valence-corrected chi connectivity index (χ0v) is 11.2. The predicted octanol–water partition coefficient (Wildman–Crippen LogP) is 1.56. The van der Waals surface area contributed by atoms with Crippen LogP contribution in [0.15, 0.2) is 11.4 Å². The zero-order valence-electron chi connectivity index (χ0n) is 9.55. The molecule has 1 aliphatic rings. The van der Waals surface area contributed by atoms with Gasteiger partial charge in [-0.25, -0.2) is 0 Å². The van der Waals surface area contributed by atoms with Crippen LogP contribution < -0.4 is 10.6 Å². The molecule has 8 heteroatoms. The Morgan fingerprint density at radius 1 is 1.50 bits per heavy atom. The Morgan fingerprint density at radius 2 is 2.17 bits per heavy atom. The van der Waals surface area contributed by atoms with Crippen molar-refractivity contribution in [2.75, 3.05) is 13.1 Å². The first kappa shape index (κ1) is 14.9. The number of carbonyl (C=O) groups excluding carboxylic acids is 1. The van der Waals surface area contributed by atoms with E-state index in [9.17, 15) is 14.9 Å². The lowest BCUT2D eigenvalue weighted by Crippen LogP contribution is -2.42. The van der Waals surface area contributed by atoms with Crippen molar-refractivity contribution in [1.82, 2.24) is 10.6 Å². The van der Waals surface area contributed by atoms with E-state index in [1.807, 2.05) is 0 Å². The lowest BCUT2D eigenvalue weighted by Gasteiger charge is -2.23. The van der Waals surface area contributed by atoms with Gasteiger partial charge in [0, 0.05) is 17.5 Å². The van der Waals surface area contributed by atoms with Crippen LogP contribution in [-0.2, 0) is 0 Å². The quantitative estimate of drug-likeness (QED) is 0.654. The molecule has 0 aromatic carbocycles. The minimum Gasteiger partial charge on any atom is -0.349 e. The molecule has 1 fully saturated rings. The van der Waals surface area contributed by atoms with E-state index < -0.39 is 4.92 Å². The molecule has 6 nitrogen and oxygen atoms in total. The molecule has 1 saturated heterocycles. The summed E-state index contributed by atoms with van der Waals surface area (Å²) < 4.78 is 0. The third-order valence-electron chi connectivity index (χ3n) is 2.70. The van der Waals surface area contributed by atoms with Crippen LogP contribution in [0.25, 0.3) is 0 Å². The summed E-state index contributed by atoms with van der Waals surface area (Å²) in [5.74, 6) is -0.221. The second kappa shape index (κ2) is 6.67. The van der Waals surface area contributed by atoms with Gasteiger partial charge in [-0.15, -0.1) is 12.4 Å². The highest BCUT2D eigenvalue weighted by molar-refractivity contribution is 7.13. The number of hydrogen-bond donors (Lipinski definition) is 2. The van der Waals surface area contributed by atoms with Crippen molar-refractivity contribution in [3.8, 4) is 0 Å². The third kappa shape index (κ3) is 3.66. The van der Waals surface area contributed by atoms with Gasteiger partial charge in [0.15, 0.2) is 0 Å². The zero-order chi connectivity index (χ0) is 12.3. The minimum atomic E-state index is -0.480. The number of thiophene rings is 1. The third-order valence-corrected chi connectivity index (χ3v) is 3.58. The number of carbonyl (C=O) groups is 1. The van der Waals surface area contributed by atoms with Crippen molar-refractivity contribution in [3.05, 3.63) is 27.1 Å². The molecule has 100 valence electrons. The topological polar surface area (TPSA) is 84.3 Å². The number of amides is 1. The molecule has 2 rings (SSSR count). The summed E-state index contributed by atoms with van der Waals surface area (Å²) in [6.07, 6.45) is 1.80. The number of nitrogens with zero attached hydrogens (tertiary/aromatic N) is 1. The van der Waals surface area contributed by atoms with E-state index in [2.05, 4.69) is 10.6 Å². The van der Waals surface area contributed by atoms with Gasteiger partial charge >= 0.3 is 5.00 Å². The monoisotopic (exact) mass is 291 g/mol. The number of nitro groups is 1. The molecular weight excluding hydrogens is 278 g/mol. The van der Waals surface area contributed by atoms with Crippen LogP contribution in [0.3, 0.4) is 0 Å². The minimum absolute atomic E-state index is 0. The van der Waals surface area contributed by atoms with E-state index in [4.69, 9.17) is 0 Å². The van der Waals surface area contributed by atoms with Gasteiger partial charge in [-0.2, -0.15) is 0 Å². The van der Waals surface area contributed by atoms with Crippen LogP contribution in [-0.4, -0.2) is 30.0 Å². The van der Waals surface area contributed by atoms with E-state index in [0.717, 1.165) is 37.3 Å². The summed E-state index contributed by atoms with van der Waals surface area (Å²) in [6, 6.07) is 1.49. The number of rotatable bonds is 3. The summed E-state index contributed by atoms with van der Waals surface area (Å²) in [4.78, 5) is 21.8. The molecular formula is C10H14ClN3O3S. The van der Waals surface area contributed by atoms with Crippen molar-refractivity contribution in [2.24, 2.45) is 0 Å². The molecule has 1 amide bonds. The molecule has 1 aromatic rings. The van der Waals surface area contributed by atoms with Gasteiger partial charge in [0.1, 0.15) is 0 Å². The Labute approximate surface area is 114 Å². The number of piperidine rings is 1. The first-order chi connectivity index (χ1) is 8.16. The Balaban J connectivity index is 0.00000162. The summed E-state index contributed by atoms with van der Waals surface area (Å²) in [6.45, 7) is 1.80. The number of hydrogen-bond acceptors (Lipinski definition) is 5. The van der Waals surface area contributed by atoms with E-state index >= 15 is 0 Å². The molecule has 0 radical (unpaired) electrons. The Kier molecular flexibility index (Phi) is 5.52. The average Bonchev–Trinajstić information content (AvgIpc) is 2.79. The maximum atomic E-state index is 11.8. The van der Waals surface area contributed by atoms with Crippen LogP contribution >= 0.6 is 23.7 Å². The van der Waals surface area contributed by atoms with Gasteiger partial charge in [-0.05, 0) is 25.9 Å². The van der Waals surface area contributed by atoms with Crippen LogP contribution in [0.2, 0.25) is 0 Å². The summed E-state index contributed by atoms with van der Waals surface area (Å²) >= 11 is 0.976. The average molecular weight is 292 g/mol. The van der Waals surface area contributed by atoms with Crippen molar-refractivity contribution in [3.63, 3.8) is 0 Å². The highest BCUT2D eigenvalue weighted by Crippen LogP contribution is 2.22. The normalized spacial score (nSPS) is 15.8. The smallest absolute Gasteiger partial charge is 0.324 e. The number of halogens is 1. The number of nitrogens with one attached hydrogen (secondary N) is 2. The molecule has 18 heavy (non-hydrogen) atoms.